The number of rotatable bonds is 4. The SMILES string of the molecule is COC(=O)c1cc(O)c(F)cc1NC(=O)c1ccc(-n2ccnc2)nn1. The molecule has 2 heterocycles. The predicted octanol–water partition coefficient (Wildman–Crippen LogP) is 1.55. The molecule has 0 fully saturated rings. The number of carbonyl (C=O) groups is 2. The van der Waals surface area contributed by atoms with Crippen LogP contribution in [0.4, 0.5) is 10.1 Å². The molecule has 0 unspecified atom stereocenters. The van der Waals surface area contributed by atoms with Crippen molar-refractivity contribution in [1.29, 1.82) is 0 Å². The maximum atomic E-state index is 13.6. The molecule has 0 saturated heterocycles. The number of anilines is 1. The Morgan fingerprint density at radius 3 is 2.69 bits per heavy atom. The third kappa shape index (κ3) is 3.34. The first-order chi connectivity index (χ1) is 12.5. The highest BCUT2D eigenvalue weighted by atomic mass is 19.1. The van der Waals surface area contributed by atoms with Gasteiger partial charge in [-0.2, -0.15) is 0 Å². The first kappa shape index (κ1) is 17.0. The number of phenolic OH excluding ortho intramolecular Hbond substituents is 1. The molecule has 0 bridgehead atoms. The van der Waals surface area contributed by atoms with Crippen LogP contribution in [0.5, 0.6) is 5.75 Å². The lowest BCUT2D eigenvalue weighted by atomic mass is 10.1. The Morgan fingerprint density at radius 2 is 2.08 bits per heavy atom. The molecule has 0 aliphatic carbocycles. The van der Waals surface area contributed by atoms with E-state index in [-0.39, 0.29) is 16.9 Å². The van der Waals surface area contributed by atoms with Gasteiger partial charge in [0.2, 0.25) is 0 Å². The van der Waals surface area contributed by atoms with Gasteiger partial charge in [-0.3, -0.25) is 9.36 Å². The van der Waals surface area contributed by atoms with Crippen molar-refractivity contribution in [2.75, 3.05) is 12.4 Å². The number of ether oxygens (including phenoxy) is 1. The van der Waals surface area contributed by atoms with E-state index in [9.17, 15) is 19.1 Å². The van der Waals surface area contributed by atoms with Crippen molar-refractivity contribution < 1.29 is 23.8 Å². The molecule has 9 nitrogen and oxygen atoms in total. The molecule has 3 aromatic rings. The standard InChI is InChI=1S/C16H12FN5O4/c1-26-16(25)9-6-13(23)10(17)7-12(9)19-15(24)11-2-3-14(21-20-11)22-5-4-18-8-22/h2-8,23H,1H3,(H,19,24). The summed E-state index contributed by atoms with van der Waals surface area (Å²) in [5.74, 6) is -2.87. The Labute approximate surface area is 146 Å². The van der Waals surface area contributed by atoms with E-state index in [2.05, 4.69) is 25.2 Å². The van der Waals surface area contributed by atoms with Crippen LogP contribution in [0.2, 0.25) is 0 Å². The third-order valence-corrected chi connectivity index (χ3v) is 3.39. The van der Waals surface area contributed by atoms with Gasteiger partial charge < -0.3 is 15.2 Å². The number of nitrogens with one attached hydrogen (secondary N) is 1. The van der Waals surface area contributed by atoms with Gasteiger partial charge in [0.1, 0.15) is 6.33 Å². The maximum Gasteiger partial charge on any atom is 0.340 e. The fourth-order valence-electron chi connectivity index (χ4n) is 2.11. The highest BCUT2D eigenvalue weighted by Crippen LogP contribution is 2.26. The number of hydrogen-bond donors (Lipinski definition) is 2. The fraction of sp³-hybridized carbons (Fsp3) is 0.0625. The van der Waals surface area contributed by atoms with E-state index in [1.54, 1.807) is 23.0 Å². The van der Waals surface area contributed by atoms with Crippen LogP contribution in [0.3, 0.4) is 0 Å². The number of aromatic hydroxyl groups is 1. The average molecular weight is 357 g/mol. The second-order valence-corrected chi connectivity index (χ2v) is 5.04. The molecule has 3 rings (SSSR count). The average Bonchev–Trinajstić information content (AvgIpc) is 3.18. The van der Waals surface area contributed by atoms with Gasteiger partial charge in [-0.05, 0) is 18.2 Å². The molecule has 132 valence electrons. The molecule has 0 atom stereocenters. The zero-order valence-electron chi connectivity index (χ0n) is 13.4. The molecule has 1 aromatic carbocycles. The summed E-state index contributed by atoms with van der Waals surface area (Å²) in [5, 5.41) is 19.5. The number of amides is 1. The Hall–Kier alpha value is -3.82. The van der Waals surface area contributed by atoms with Gasteiger partial charge in [0.15, 0.2) is 23.1 Å². The number of benzene rings is 1. The first-order valence-corrected chi connectivity index (χ1v) is 7.24. The monoisotopic (exact) mass is 357 g/mol. The minimum absolute atomic E-state index is 0.0573. The predicted molar refractivity (Wildman–Crippen MR) is 86.5 cm³/mol. The summed E-state index contributed by atoms with van der Waals surface area (Å²) in [4.78, 5) is 27.9. The van der Waals surface area contributed by atoms with E-state index in [1.807, 2.05) is 0 Å². The van der Waals surface area contributed by atoms with Crippen LogP contribution < -0.4 is 5.32 Å². The molecular formula is C16H12FN5O4. The minimum Gasteiger partial charge on any atom is -0.505 e. The second-order valence-electron chi connectivity index (χ2n) is 5.04. The van der Waals surface area contributed by atoms with Crippen LogP contribution in [0.25, 0.3) is 5.82 Å². The highest BCUT2D eigenvalue weighted by molar-refractivity contribution is 6.07. The van der Waals surface area contributed by atoms with Crippen molar-refractivity contribution in [3.8, 4) is 11.6 Å². The van der Waals surface area contributed by atoms with Crippen LogP contribution in [-0.4, -0.2) is 43.8 Å². The fourth-order valence-corrected chi connectivity index (χ4v) is 2.11. The van der Waals surface area contributed by atoms with Crippen LogP contribution >= 0.6 is 0 Å². The lowest BCUT2D eigenvalue weighted by Gasteiger charge is -2.10. The van der Waals surface area contributed by atoms with Gasteiger partial charge in [-0.25, -0.2) is 14.2 Å². The highest BCUT2D eigenvalue weighted by Gasteiger charge is 2.19. The van der Waals surface area contributed by atoms with Crippen molar-refractivity contribution in [1.82, 2.24) is 19.7 Å². The van der Waals surface area contributed by atoms with Gasteiger partial charge in [-0.15, -0.1) is 10.2 Å². The molecule has 10 heteroatoms. The zero-order valence-corrected chi connectivity index (χ0v) is 13.4. The van der Waals surface area contributed by atoms with Crippen molar-refractivity contribution in [2.24, 2.45) is 0 Å². The summed E-state index contributed by atoms with van der Waals surface area (Å²) in [6.07, 6.45) is 4.74. The van der Waals surface area contributed by atoms with Gasteiger partial charge in [0, 0.05) is 18.5 Å². The number of halogens is 1. The number of aromatic nitrogens is 4. The van der Waals surface area contributed by atoms with E-state index in [1.165, 1.54) is 12.4 Å². The van der Waals surface area contributed by atoms with Gasteiger partial charge in [0.25, 0.3) is 5.91 Å². The summed E-state index contributed by atoms with van der Waals surface area (Å²) in [6.45, 7) is 0. The summed E-state index contributed by atoms with van der Waals surface area (Å²) < 4.78 is 19.8. The molecule has 1 amide bonds. The maximum absolute atomic E-state index is 13.6. The van der Waals surface area contributed by atoms with E-state index in [4.69, 9.17) is 0 Å². The Morgan fingerprint density at radius 1 is 1.27 bits per heavy atom. The molecule has 0 radical (unpaired) electrons. The molecule has 0 aliphatic rings. The van der Waals surface area contributed by atoms with Crippen molar-refractivity contribution in [3.05, 3.63) is 60.1 Å². The topological polar surface area (TPSA) is 119 Å². The zero-order chi connectivity index (χ0) is 18.7. The smallest absolute Gasteiger partial charge is 0.340 e. The summed E-state index contributed by atoms with van der Waals surface area (Å²) in [7, 11) is 1.12. The third-order valence-electron chi connectivity index (χ3n) is 3.39. The quantitative estimate of drug-likeness (QED) is 0.537. The molecule has 0 aliphatic heterocycles. The Balaban J connectivity index is 1.86. The van der Waals surface area contributed by atoms with Crippen LogP contribution in [0.1, 0.15) is 20.8 Å². The summed E-state index contributed by atoms with van der Waals surface area (Å²) >= 11 is 0. The number of hydrogen-bond acceptors (Lipinski definition) is 7. The summed E-state index contributed by atoms with van der Waals surface area (Å²) in [6, 6.07) is 4.63. The van der Waals surface area contributed by atoms with E-state index in [0.29, 0.717) is 5.82 Å². The molecule has 2 N–H and O–H groups in total. The number of methoxy groups -OCH3 is 1. The Bertz CT molecular complexity index is 958. The van der Waals surface area contributed by atoms with Crippen LogP contribution in [0, 0.1) is 5.82 Å². The van der Waals surface area contributed by atoms with E-state index < -0.39 is 23.4 Å². The number of nitrogens with zero attached hydrogens (tertiary/aromatic N) is 4. The second kappa shape index (κ2) is 6.97. The molecular weight excluding hydrogens is 345 g/mol. The van der Waals surface area contributed by atoms with Crippen LogP contribution in [0.15, 0.2) is 43.0 Å². The number of esters is 1. The van der Waals surface area contributed by atoms with Gasteiger partial charge in [0.05, 0.1) is 18.4 Å². The number of imidazole rings is 1. The van der Waals surface area contributed by atoms with Crippen LogP contribution in [-0.2, 0) is 4.74 Å². The lowest BCUT2D eigenvalue weighted by Crippen LogP contribution is -2.17. The number of phenols is 1. The number of carbonyl (C=O) groups excluding carboxylic acids is 2. The van der Waals surface area contributed by atoms with Crippen molar-refractivity contribution >= 4 is 17.6 Å². The summed E-state index contributed by atoms with van der Waals surface area (Å²) in [5.41, 5.74) is -0.432. The normalized spacial score (nSPS) is 10.4. The lowest BCUT2D eigenvalue weighted by molar-refractivity contribution is 0.0601. The van der Waals surface area contributed by atoms with E-state index in [0.717, 1.165) is 19.2 Å². The molecule has 0 spiro atoms. The minimum atomic E-state index is -1.01. The first-order valence-electron chi connectivity index (χ1n) is 7.24. The van der Waals surface area contributed by atoms with Gasteiger partial charge in [-0.1, -0.05) is 0 Å². The van der Waals surface area contributed by atoms with Crippen molar-refractivity contribution in [3.63, 3.8) is 0 Å². The Kier molecular flexibility index (Phi) is 4.56. The largest absolute Gasteiger partial charge is 0.505 e. The molecule has 26 heavy (non-hydrogen) atoms. The van der Waals surface area contributed by atoms with Gasteiger partial charge >= 0.3 is 5.97 Å². The van der Waals surface area contributed by atoms with Crippen molar-refractivity contribution in [2.45, 2.75) is 0 Å². The van der Waals surface area contributed by atoms with E-state index >= 15 is 0 Å². The molecule has 0 saturated carbocycles. The molecule has 2 aromatic heterocycles.